The Hall–Kier alpha value is -2.89. The molecule has 2 fully saturated rings. The number of morpholine rings is 1. The summed E-state index contributed by atoms with van der Waals surface area (Å²) in [5, 5.41) is 0. The highest BCUT2D eigenvalue weighted by Gasteiger charge is 2.48. The fourth-order valence-electron chi connectivity index (χ4n) is 4.02. The Balaban J connectivity index is 1.57. The molecule has 0 aromatic carbocycles. The largest absolute Gasteiger partial charge is 0.378 e. The van der Waals surface area contributed by atoms with Gasteiger partial charge < -0.3 is 29.4 Å². The lowest BCUT2D eigenvalue weighted by molar-refractivity contribution is -0.232. The average molecular weight is 396 g/mol. The number of hydrogen-bond donors (Lipinski definition) is 1. The fraction of sp³-hybridized carbons (Fsp3) is 0.500. The number of fused-ring (bicyclic) bond motifs is 4. The molecule has 2 saturated heterocycles. The molecule has 150 valence electrons. The second kappa shape index (κ2) is 6.31. The van der Waals surface area contributed by atoms with Gasteiger partial charge in [0.1, 0.15) is 5.82 Å². The zero-order valence-corrected chi connectivity index (χ0v) is 15.7. The highest BCUT2D eigenvalue weighted by atomic mass is 16.6. The Bertz CT molecular complexity index is 1070. The molecule has 11 nitrogen and oxygen atoms in total. The van der Waals surface area contributed by atoms with Crippen LogP contribution in [0, 0.1) is 0 Å². The van der Waals surface area contributed by atoms with Crippen LogP contribution in [0.1, 0.15) is 5.82 Å². The molecule has 2 N–H and O–H groups in total. The summed E-state index contributed by atoms with van der Waals surface area (Å²) in [6.07, 6.45) is 3.29. The van der Waals surface area contributed by atoms with Crippen molar-refractivity contribution in [1.82, 2.24) is 29.5 Å². The van der Waals surface area contributed by atoms with E-state index in [1.165, 1.54) is 0 Å². The van der Waals surface area contributed by atoms with Gasteiger partial charge in [0.15, 0.2) is 28.4 Å². The SMILES string of the molecule is Nc1ncc(-c2nc(N3CCOCC3)c3nc4n(c3n2)CCOC42COC2)cn1. The third-order valence-corrected chi connectivity index (χ3v) is 5.59. The van der Waals surface area contributed by atoms with E-state index in [1.54, 1.807) is 12.4 Å². The molecule has 29 heavy (non-hydrogen) atoms. The highest BCUT2D eigenvalue weighted by Crippen LogP contribution is 2.39. The van der Waals surface area contributed by atoms with E-state index in [-0.39, 0.29) is 5.95 Å². The van der Waals surface area contributed by atoms with Gasteiger partial charge in [-0.3, -0.25) is 0 Å². The topological polar surface area (TPSA) is 126 Å². The zero-order chi connectivity index (χ0) is 19.4. The first-order valence-corrected chi connectivity index (χ1v) is 9.65. The Morgan fingerprint density at radius 3 is 2.45 bits per heavy atom. The lowest BCUT2D eigenvalue weighted by Crippen LogP contribution is -2.53. The number of nitrogen functional groups attached to an aromatic ring is 1. The molecule has 0 unspecified atom stereocenters. The predicted octanol–water partition coefficient (Wildman–Crippen LogP) is -0.0422. The van der Waals surface area contributed by atoms with Crippen molar-refractivity contribution in [3.63, 3.8) is 0 Å². The van der Waals surface area contributed by atoms with Crippen molar-refractivity contribution in [3.05, 3.63) is 18.2 Å². The Morgan fingerprint density at radius 2 is 1.72 bits per heavy atom. The van der Waals surface area contributed by atoms with Crippen LogP contribution in [0.2, 0.25) is 0 Å². The number of imidazole rings is 1. The summed E-state index contributed by atoms with van der Waals surface area (Å²) in [6, 6.07) is 0. The Kier molecular flexibility index (Phi) is 3.70. The summed E-state index contributed by atoms with van der Waals surface area (Å²) in [4.78, 5) is 25.0. The molecule has 0 atom stereocenters. The summed E-state index contributed by atoms with van der Waals surface area (Å²) < 4.78 is 19.2. The molecular formula is C18H20N8O3. The van der Waals surface area contributed by atoms with Crippen molar-refractivity contribution < 1.29 is 14.2 Å². The maximum absolute atomic E-state index is 6.05. The van der Waals surface area contributed by atoms with Gasteiger partial charge >= 0.3 is 0 Å². The molecule has 1 spiro atoms. The third-order valence-electron chi connectivity index (χ3n) is 5.59. The molecule has 3 aliphatic rings. The van der Waals surface area contributed by atoms with E-state index in [4.69, 9.17) is 34.9 Å². The van der Waals surface area contributed by atoms with Gasteiger partial charge in [0.05, 0.1) is 38.6 Å². The molecule has 0 bridgehead atoms. The van der Waals surface area contributed by atoms with E-state index in [9.17, 15) is 0 Å². The summed E-state index contributed by atoms with van der Waals surface area (Å²) >= 11 is 0. The molecule has 3 aromatic heterocycles. The summed E-state index contributed by atoms with van der Waals surface area (Å²) in [7, 11) is 0. The van der Waals surface area contributed by atoms with Crippen LogP contribution >= 0.6 is 0 Å². The van der Waals surface area contributed by atoms with Gasteiger partial charge in [0, 0.05) is 32.0 Å². The lowest BCUT2D eigenvalue weighted by Gasteiger charge is -2.43. The standard InChI is InChI=1S/C18H20N8O3/c19-17-20-7-11(8-21-17)13-23-14(25-1-4-27-5-2-25)12-15(24-13)26-3-6-29-18(9-28-10-18)16(26)22-12/h7-8H,1-6,9-10H2,(H2,19,20,21). The van der Waals surface area contributed by atoms with Crippen LogP contribution < -0.4 is 10.6 Å². The van der Waals surface area contributed by atoms with Crippen molar-refractivity contribution in [2.24, 2.45) is 0 Å². The van der Waals surface area contributed by atoms with Gasteiger partial charge in [-0.05, 0) is 0 Å². The minimum Gasteiger partial charge on any atom is -0.378 e. The first kappa shape index (κ1) is 17.0. The Morgan fingerprint density at radius 1 is 0.931 bits per heavy atom. The summed E-state index contributed by atoms with van der Waals surface area (Å²) in [5.41, 5.74) is 7.44. The molecule has 3 aliphatic heterocycles. The second-order valence-corrected chi connectivity index (χ2v) is 7.39. The monoisotopic (exact) mass is 396 g/mol. The van der Waals surface area contributed by atoms with Crippen LogP contribution in [0.25, 0.3) is 22.6 Å². The third kappa shape index (κ3) is 2.58. The number of hydrogen-bond acceptors (Lipinski definition) is 10. The molecule has 0 aliphatic carbocycles. The molecule has 0 radical (unpaired) electrons. The summed E-state index contributed by atoms with van der Waals surface area (Å²) in [5.74, 6) is 2.42. The number of anilines is 2. The van der Waals surface area contributed by atoms with E-state index in [1.807, 2.05) is 0 Å². The van der Waals surface area contributed by atoms with Crippen molar-refractivity contribution in [2.45, 2.75) is 12.1 Å². The number of aromatic nitrogens is 6. The van der Waals surface area contributed by atoms with Crippen LogP contribution in [0.15, 0.2) is 12.4 Å². The molecule has 11 heteroatoms. The highest BCUT2D eigenvalue weighted by molar-refractivity contribution is 5.86. The van der Waals surface area contributed by atoms with Crippen molar-refractivity contribution in [3.8, 4) is 11.4 Å². The van der Waals surface area contributed by atoms with Gasteiger partial charge in [-0.25, -0.2) is 24.9 Å². The van der Waals surface area contributed by atoms with Crippen molar-refractivity contribution in [1.29, 1.82) is 0 Å². The number of rotatable bonds is 2. The molecule has 6 rings (SSSR count). The Labute approximate surface area is 165 Å². The average Bonchev–Trinajstić information content (AvgIpc) is 3.12. The second-order valence-electron chi connectivity index (χ2n) is 7.39. The number of ether oxygens (including phenoxy) is 3. The van der Waals surface area contributed by atoms with Gasteiger partial charge in [0.2, 0.25) is 5.95 Å². The normalized spacial score (nSPS) is 20.6. The van der Waals surface area contributed by atoms with E-state index < -0.39 is 5.60 Å². The van der Waals surface area contributed by atoms with Crippen LogP contribution in [0.4, 0.5) is 11.8 Å². The van der Waals surface area contributed by atoms with Gasteiger partial charge in [-0.2, -0.15) is 0 Å². The maximum atomic E-state index is 6.05. The van der Waals surface area contributed by atoms with E-state index >= 15 is 0 Å². The first-order valence-electron chi connectivity index (χ1n) is 9.65. The van der Waals surface area contributed by atoms with Crippen molar-refractivity contribution >= 4 is 22.9 Å². The van der Waals surface area contributed by atoms with Gasteiger partial charge in [-0.1, -0.05) is 0 Å². The van der Waals surface area contributed by atoms with Crippen molar-refractivity contribution in [2.75, 3.05) is 56.8 Å². The van der Waals surface area contributed by atoms with Gasteiger partial charge in [-0.15, -0.1) is 0 Å². The molecule has 0 amide bonds. The fourth-order valence-corrected chi connectivity index (χ4v) is 4.02. The number of nitrogens with zero attached hydrogens (tertiary/aromatic N) is 7. The molecule has 0 saturated carbocycles. The van der Waals surface area contributed by atoms with E-state index in [0.717, 1.165) is 35.9 Å². The quantitative estimate of drug-likeness (QED) is 0.630. The minimum absolute atomic E-state index is 0.217. The smallest absolute Gasteiger partial charge is 0.219 e. The summed E-state index contributed by atoms with van der Waals surface area (Å²) in [6.45, 7) is 5.10. The maximum Gasteiger partial charge on any atom is 0.219 e. The van der Waals surface area contributed by atoms with E-state index in [0.29, 0.717) is 51.0 Å². The minimum atomic E-state index is -0.480. The predicted molar refractivity (Wildman–Crippen MR) is 102 cm³/mol. The van der Waals surface area contributed by atoms with Crippen LogP contribution in [0.5, 0.6) is 0 Å². The van der Waals surface area contributed by atoms with Gasteiger partial charge in [0.25, 0.3) is 0 Å². The molecule has 3 aromatic rings. The van der Waals surface area contributed by atoms with Crippen LogP contribution in [0.3, 0.4) is 0 Å². The molecular weight excluding hydrogens is 376 g/mol. The first-order chi connectivity index (χ1) is 14.2. The van der Waals surface area contributed by atoms with E-state index in [2.05, 4.69) is 19.4 Å². The lowest BCUT2D eigenvalue weighted by atomic mass is 10.00. The number of nitrogens with two attached hydrogens (primary N) is 1. The zero-order valence-electron chi connectivity index (χ0n) is 15.7. The van der Waals surface area contributed by atoms with Crippen LogP contribution in [-0.2, 0) is 26.4 Å². The van der Waals surface area contributed by atoms with Crippen LogP contribution in [-0.4, -0.2) is 75.6 Å². The molecule has 6 heterocycles.